The van der Waals surface area contributed by atoms with Crippen LogP contribution in [0.4, 0.5) is 0 Å². The van der Waals surface area contributed by atoms with Gasteiger partial charge in [-0.1, -0.05) is 15.9 Å². The summed E-state index contributed by atoms with van der Waals surface area (Å²) in [5, 5.41) is 9.13. The van der Waals surface area contributed by atoms with Gasteiger partial charge in [-0.25, -0.2) is 0 Å². The molecule has 0 spiro atoms. The number of rotatable bonds is 5. The highest BCUT2D eigenvalue weighted by atomic mass is 79.9. The largest absolute Gasteiger partial charge is 0.481 e. The summed E-state index contributed by atoms with van der Waals surface area (Å²) in [7, 11) is 0. The van der Waals surface area contributed by atoms with Crippen LogP contribution in [0.2, 0.25) is 0 Å². The zero-order valence-electron chi connectivity index (χ0n) is 4.97. The molecule has 0 aliphatic carbocycles. The minimum Gasteiger partial charge on any atom is -0.481 e. The highest BCUT2D eigenvalue weighted by Gasteiger charge is 1.94. The summed E-state index contributed by atoms with van der Waals surface area (Å²) >= 11 is 4.90. The molecule has 0 aromatic carbocycles. The van der Waals surface area contributed by atoms with Crippen LogP contribution in [-0.2, 0) is 4.79 Å². The van der Waals surface area contributed by atoms with Gasteiger partial charge in [0.05, 0.1) is 6.42 Å². The van der Waals surface area contributed by atoms with Crippen molar-refractivity contribution in [2.24, 2.45) is 0 Å². The van der Waals surface area contributed by atoms with E-state index in [1.807, 2.05) is 0 Å². The molecule has 54 valence electrons. The molecule has 0 unspecified atom stereocenters. The number of carboxylic acids is 1. The van der Waals surface area contributed by atoms with Gasteiger partial charge in [-0.15, -0.1) is 0 Å². The van der Waals surface area contributed by atoms with Crippen LogP contribution in [0, 0.1) is 0 Å². The number of hydrogen-bond acceptors (Lipinski definition) is 2. The van der Waals surface area contributed by atoms with Gasteiger partial charge in [-0.05, 0) is 0 Å². The molecular weight excluding hydrogens is 204 g/mol. The maximum Gasteiger partial charge on any atom is 0.304 e. The molecule has 9 heavy (non-hydrogen) atoms. The van der Waals surface area contributed by atoms with Crippen molar-refractivity contribution >= 4 is 33.7 Å². The Kier molecular flexibility index (Phi) is 6.63. The first-order valence-electron chi connectivity index (χ1n) is 2.63. The van der Waals surface area contributed by atoms with E-state index in [1.165, 1.54) is 0 Å². The zero-order valence-corrected chi connectivity index (χ0v) is 7.37. The van der Waals surface area contributed by atoms with Crippen LogP contribution in [0.1, 0.15) is 6.42 Å². The fraction of sp³-hybridized carbons (Fsp3) is 0.800. The van der Waals surface area contributed by atoms with Gasteiger partial charge in [0, 0.05) is 16.8 Å². The number of carboxylic acid groups (broad SMARTS) is 1. The average Bonchev–Trinajstić information content (AvgIpc) is 1.80. The molecule has 0 amide bonds. The van der Waals surface area contributed by atoms with Crippen LogP contribution in [0.3, 0.4) is 0 Å². The van der Waals surface area contributed by atoms with E-state index in [9.17, 15) is 4.79 Å². The van der Waals surface area contributed by atoms with Crippen molar-refractivity contribution in [1.29, 1.82) is 0 Å². The van der Waals surface area contributed by atoms with Crippen LogP contribution < -0.4 is 0 Å². The highest BCUT2D eigenvalue weighted by molar-refractivity contribution is 9.09. The molecule has 0 fully saturated rings. The van der Waals surface area contributed by atoms with E-state index in [2.05, 4.69) is 15.9 Å². The number of hydrogen-bond donors (Lipinski definition) is 1. The lowest BCUT2D eigenvalue weighted by Crippen LogP contribution is -1.96. The molecule has 0 bridgehead atoms. The highest BCUT2D eigenvalue weighted by Crippen LogP contribution is 2.02. The maximum atomic E-state index is 9.94. The van der Waals surface area contributed by atoms with Gasteiger partial charge in [0.15, 0.2) is 0 Å². The predicted octanol–water partition coefficient (Wildman–Crippen LogP) is 1.59. The van der Waals surface area contributed by atoms with E-state index in [4.69, 9.17) is 5.11 Å². The Morgan fingerprint density at radius 1 is 1.56 bits per heavy atom. The second kappa shape index (κ2) is 6.42. The molecule has 0 atom stereocenters. The number of alkyl halides is 1. The van der Waals surface area contributed by atoms with Crippen LogP contribution in [0.25, 0.3) is 0 Å². The fourth-order valence-electron chi connectivity index (χ4n) is 0.316. The summed E-state index contributed by atoms with van der Waals surface area (Å²) in [5.41, 5.74) is 0. The van der Waals surface area contributed by atoms with E-state index < -0.39 is 5.97 Å². The molecule has 0 aromatic rings. The predicted molar refractivity (Wildman–Crippen MR) is 43.4 cm³/mol. The second-order valence-corrected chi connectivity index (χ2v) is 3.46. The molecule has 0 aliphatic heterocycles. The second-order valence-electron chi connectivity index (χ2n) is 1.45. The van der Waals surface area contributed by atoms with Crippen LogP contribution in [-0.4, -0.2) is 27.9 Å². The molecule has 0 rings (SSSR count). The maximum absolute atomic E-state index is 9.94. The quantitative estimate of drug-likeness (QED) is 0.556. The topological polar surface area (TPSA) is 37.3 Å². The fourth-order valence-corrected chi connectivity index (χ4v) is 1.64. The van der Waals surface area contributed by atoms with E-state index in [1.54, 1.807) is 11.8 Å². The number of thioether (sulfide) groups is 1. The molecule has 0 saturated carbocycles. The first kappa shape index (κ1) is 9.30. The van der Waals surface area contributed by atoms with Gasteiger partial charge >= 0.3 is 5.97 Å². The Labute approximate surface area is 67.1 Å². The van der Waals surface area contributed by atoms with Gasteiger partial charge in [0.1, 0.15) is 0 Å². The SMILES string of the molecule is O=C(O)CCSCCBr. The Morgan fingerprint density at radius 3 is 2.67 bits per heavy atom. The van der Waals surface area contributed by atoms with Gasteiger partial charge < -0.3 is 5.11 Å². The summed E-state index contributed by atoms with van der Waals surface area (Å²) in [4.78, 5) is 9.94. The number of halogens is 1. The Morgan fingerprint density at radius 2 is 2.22 bits per heavy atom. The molecule has 0 aromatic heterocycles. The minimum absolute atomic E-state index is 0.275. The van der Waals surface area contributed by atoms with E-state index >= 15 is 0 Å². The summed E-state index contributed by atoms with van der Waals surface area (Å²) in [6.07, 6.45) is 0.275. The van der Waals surface area contributed by atoms with Crippen molar-refractivity contribution in [2.45, 2.75) is 6.42 Å². The molecule has 0 heterocycles. The van der Waals surface area contributed by atoms with Crippen LogP contribution >= 0.6 is 27.7 Å². The first-order chi connectivity index (χ1) is 4.27. The van der Waals surface area contributed by atoms with Gasteiger partial charge in [-0.3, -0.25) is 4.79 Å². The third kappa shape index (κ3) is 8.30. The minimum atomic E-state index is -0.711. The van der Waals surface area contributed by atoms with E-state index in [-0.39, 0.29) is 6.42 Å². The summed E-state index contributed by atoms with van der Waals surface area (Å²) in [6, 6.07) is 0. The van der Waals surface area contributed by atoms with Crippen molar-refractivity contribution in [3.8, 4) is 0 Å². The number of aliphatic carboxylic acids is 1. The van der Waals surface area contributed by atoms with Crippen LogP contribution in [0.5, 0.6) is 0 Å². The van der Waals surface area contributed by atoms with Crippen molar-refractivity contribution in [1.82, 2.24) is 0 Å². The molecule has 1 N–H and O–H groups in total. The Bertz CT molecular complexity index is 87.0. The summed E-state index contributed by atoms with van der Waals surface area (Å²) in [6.45, 7) is 0. The first-order valence-corrected chi connectivity index (χ1v) is 4.90. The zero-order chi connectivity index (χ0) is 7.11. The standard InChI is InChI=1S/C5H9BrO2S/c6-2-4-9-3-1-5(7)8/h1-4H2,(H,7,8). The lowest BCUT2D eigenvalue weighted by atomic mass is 10.5. The molecule has 0 aliphatic rings. The van der Waals surface area contributed by atoms with E-state index in [0.717, 1.165) is 16.8 Å². The Balaban J connectivity index is 2.83. The third-order valence-electron chi connectivity index (χ3n) is 0.682. The third-order valence-corrected chi connectivity index (χ3v) is 2.59. The molecule has 0 radical (unpaired) electrons. The lowest BCUT2D eigenvalue weighted by Gasteiger charge is -1.92. The molecular formula is C5H9BrO2S. The normalized spacial score (nSPS) is 9.44. The van der Waals surface area contributed by atoms with Crippen LogP contribution in [0.15, 0.2) is 0 Å². The van der Waals surface area contributed by atoms with Crippen molar-refractivity contribution in [3.63, 3.8) is 0 Å². The van der Waals surface area contributed by atoms with Gasteiger partial charge in [-0.2, -0.15) is 11.8 Å². The summed E-state index contributed by atoms with van der Waals surface area (Å²) in [5.74, 6) is 1.01. The van der Waals surface area contributed by atoms with Gasteiger partial charge in [0.25, 0.3) is 0 Å². The molecule has 0 saturated heterocycles. The monoisotopic (exact) mass is 212 g/mol. The smallest absolute Gasteiger partial charge is 0.304 e. The summed E-state index contributed by atoms with van der Waals surface area (Å²) < 4.78 is 0. The van der Waals surface area contributed by atoms with E-state index in [0.29, 0.717) is 0 Å². The molecule has 4 heteroatoms. The average molecular weight is 213 g/mol. The number of carbonyl (C=O) groups is 1. The van der Waals surface area contributed by atoms with Crippen molar-refractivity contribution in [3.05, 3.63) is 0 Å². The van der Waals surface area contributed by atoms with Crippen molar-refractivity contribution < 1.29 is 9.90 Å². The van der Waals surface area contributed by atoms with Crippen molar-refractivity contribution in [2.75, 3.05) is 16.8 Å². The lowest BCUT2D eigenvalue weighted by molar-refractivity contribution is -0.136. The molecule has 2 nitrogen and oxygen atoms in total. The van der Waals surface area contributed by atoms with Gasteiger partial charge in [0.2, 0.25) is 0 Å². The Hall–Kier alpha value is 0.300.